The normalized spacial score (nSPS) is 16.0. The van der Waals surface area contributed by atoms with E-state index in [0.29, 0.717) is 26.2 Å². The van der Waals surface area contributed by atoms with Gasteiger partial charge in [-0.3, -0.25) is 9.69 Å². The van der Waals surface area contributed by atoms with Crippen molar-refractivity contribution < 1.29 is 9.18 Å². The zero-order valence-corrected chi connectivity index (χ0v) is 18.8. The molecule has 0 aliphatic carbocycles. The van der Waals surface area contributed by atoms with Crippen LogP contribution in [0.1, 0.15) is 29.1 Å². The molecule has 0 saturated carbocycles. The quantitative estimate of drug-likeness (QED) is 0.563. The lowest BCUT2D eigenvalue weighted by Gasteiger charge is -2.34. The Hall–Kier alpha value is -2.78. The van der Waals surface area contributed by atoms with Crippen LogP contribution in [0.2, 0.25) is 0 Å². The Morgan fingerprint density at radius 1 is 1.16 bits per heavy atom. The van der Waals surface area contributed by atoms with Crippen LogP contribution >= 0.6 is 11.3 Å². The van der Waals surface area contributed by atoms with E-state index in [4.69, 9.17) is 0 Å². The van der Waals surface area contributed by atoms with Crippen molar-refractivity contribution in [2.45, 2.75) is 26.1 Å². The van der Waals surface area contributed by atoms with Gasteiger partial charge in [0.1, 0.15) is 5.82 Å². The highest BCUT2D eigenvalue weighted by Crippen LogP contribution is 2.24. The van der Waals surface area contributed by atoms with Crippen molar-refractivity contribution in [2.75, 3.05) is 38.6 Å². The molecule has 0 bridgehead atoms. The van der Waals surface area contributed by atoms with Crippen LogP contribution < -0.4 is 4.90 Å². The number of nitrogens with zero attached hydrogens (tertiary/aromatic N) is 6. The van der Waals surface area contributed by atoms with Crippen molar-refractivity contribution in [2.24, 2.45) is 0 Å². The summed E-state index contributed by atoms with van der Waals surface area (Å²) >= 11 is 1.62. The number of benzene rings is 1. The van der Waals surface area contributed by atoms with Gasteiger partial charge in [0.15, 0.2) is 5.13 Å². The minimum Gasteiger partial charge on any atom is -0.354 e. The number of aromatic nitrogens is 3. The van der Waals surface area contributed by atoms with Crippen LogP contribution in [-0.4, -0.2) is 64.0 Å². The molecule has 3 aromatic rings. The third-order valence-corrected chi connectivity index (χ3v) is 6.72. The highest BCUT2D eigenvalue weighted by atomic mass is 32.1. The molecular formula is C22H27FN6OS. The molecule has 0 radical (unpaired) electrons. The first-order valence-electron chi connectivity index (χ1n) is 10.3. The van der Waals surface area contributed by atoms with Crippen LogP contribution in [-0.2, 0) is 17.9 Å². The summed E-state index contributed by atoms with van der Waals surface area (Å²) in [4.78, 5) is 28.6. The number of carbonyl (C=O) groups is 1. The molecule has 7 nitrogen and oxygen atoms in total. The fourth-order valence-corrected chi connectivity index (χ4v) is 4.61. The maximum Gasteiger partial charge on any atom is 0.237 e. The molecule has 0 N–H and O–H groups in total. The number of hydrogen-bond donors (Lipinski definition) is 0. The minimum atomic E-state index is -0.241. The number of rotatable bonds is 7. The van der Waals surface area contributed by atoms with Crippen LogP contribution in [0.3, 0.4) is 0 Å². The lowest BCUT2D eigenvalue weighted by Crippen LogP contribution is -2.49. The molecule has 1 aromatic carbocycles. The molecular weight excluding hydrogens is 415 g/mol. The first-order valence-corrected chi connectivity index (χ1v) is 11.1. The van der Waals surface area contributed by atoms with Gasteiger partial charge >= 0.3 is 0 Å². The summed E-state index contributed by atoms with van der Waals surface area (Å²) in [5.41, 5.74) is 2.05. The van der Waals surface area contributed by atoms with E-state index in [1.165, 1.54) is 12.1 Å². The van der Waals surface area contributed by atoms with E-state index in [-0.39, 0.29) is 17.8 Å². The van der Waals surface area contributed by atoms with Gasteiger partial charge in [-0.15, -0.1) is 11.3 Å². The predicted octanol–water partition coefficient (Wildman–Crippen LogP) is 3.00. The summed E-state index contributed by atoms with van der Waals surface area (Å²) in [6.45, 7) is 5.21. The second kappa shape index (κ2) is 9.15. The molecule has 0 unspecified atom stereocenters. The lowest BCUT2D eigenvalue weighted by atomic mass is 10.1. The molecule has 1 fully saturated rings. The van der Waals surface area contributed by atoms with Gasteiger partial charge < -0.3 is 14.4 Å². The molecule has 2 aromatic heterocycles. The minimum absolute atomic E-state index is 0.0345. The number of piperazine rings is 1. The van der Waals surface area contributed by atoms with E-state index in [1.54, 1.807) is 29.8 Å². The Bertz CT molecular complexity index is 1030. The number of amides is 1. The van der Waals surface area contributed by atoms with E-state index in [1.807, 2.05) is 36.3 Å². The number of thiazole rings is 1. The van der Waals surface area contributed by atoms with Crippen molar-refractivity contribution >= 4 is 22.4 Å². The monoisotopic (exact) mass is 442 g/mol. The van der Waals surface area contributed by atoms with Gasteiger partial charge in [0.25, 0.3) is 0 Å². The smallest absolute Gasteiger partial charge is 0.237 e. The van der Waals surface area contributed by atoms with Crippen molar-refractivity contribution in [1.29, 1.82) is 0 Å². The molecule has 3 heterocycles. The molecule has 1 atom stereocenters. The van der Waals surface area contributed by atoms with Crippen LogP contribution in [0.25, 0.3) is 0 Å². The summed E-state index contributed by atoms with van der Waals surface area (Å²) in [6.07, 6.45) is 5.50. The van der Waals surface area contributed by atoms with E-state index in [9.17, 15) is 9.18 Å². The number of imidazole rings is 1. The molecule has 1 aliphatic heterocycles. The molecule has 31 heavy (non-hydrogen) atoms. The predicted molar refractivity (Wildman–Crippen MR) is 120 cm³/mol. The Kier molecular flexibility index (Phi) is 6.33. The maximum absolute atomic E-state index is 13.3. The number of hydrogen-bond acceptors (Lipinski definition) is 6. The van der Waals surface area contributed by atoms with Gasteiger partial charge in [0, 0.05) is 51.0 Å². The van der Waals surface area contributed by atoms with Gasteiger partial charge in [-0.1, -0.05) is 12.1 Å². The average molecular weight is 443 g/mol. The molecule has 1 saturated heterocycles. The van der Waals surface area contributed by atoms with Gasteiger partial charge in [0.05, 0.1) is 31.2 Å². The van der Waals surface area contributed by atoms with Crippen LogP contribution in [0.5, 0.6) is 0 Å². The van der Waals surface area contributed by atoms with Gasteiger partial charge in [-0.05, 0) is 24.6 Å². The molecule has 1 amide bonds. The zero-order chi connectivity index (χ0) is 22.0. The van der Waals surface area contributed by atoms with E-state index in [2.05, 4.69) is 26.4 Å². The van der Waals surface area contributed by atoms with E-state index >= 15 is 0 Å². The Balaban J connectivity index is 1.37. The third kappa shape index (κ3) is 4.94. The number of carbonyl (C=O) groups excluding carboxylic acids is 1. The lowest BCUT2D eigenvalue weighted by molar-refractivity contribution is -0.136. The SMILES string of the molecule is C[C@H](c1ccc(F)cc1)n1cncc1CN1CCN(Cc2cnc(N(C)C)s2)C(=O)C1. The standard InChI is InChI=1S/C22H27FN6OS/c1-16(17-4-6-18(23)7-5-17)29-15-24-10-19(29)12-27-8-9-28(21(30)14-27)13-20-11-25-22(31-20)26(2)3/h4-7,10-11,15-16H,8-9,12-14H2,1-3H3/t16-/m1/s1. The first kappa shape index (κ1) is 21.5. The Morgan fingerprint density at radius 3 is 2.61 bits per heavy atom. The third-order valence-electron chi connectivity index (χ3n) is 5.57. The summed E-state index contributed by atoms with van der Waals surface area (Å²) < 4.78 is 15.3. The van der Waals surface area contributed by atoms with Crippen LogP contribution in [0.15, 0.2) is 43.0 Å². The average Bonchev–Trinajstić information content (AvgIpc) is 3.40. The molecule has 4 rings (SSSR count). The number of halogens is 1. The highest BCUT2D eigenvalue weighted by Gasteiger charge is 2.26. The van der Waals surface area contributed by atoms with E-state index in [0.717, 1.165) is 27.8 Å². The molecule has 164 valence electrons. The summed E-state index contributed by atoms with van der Waals surface area (Å²) in [5, 5.41) is 0.949. The van der Waals surface area contributed by atoms with Crippen LogP contribution in [0.4, 0.5) is 9.52 Å². The fraction of sp³-hybridized carbons (Fsp3) is 0.409. The fourth-order valence-electron chi connectivity index (χ4n) is 3.76. The second-order valence-electron chi connectivity index (χ2n) is 8.05. The second-order valence-corrected chi connectivity index (χ2v) is 9.14. The van der Waals surface area contributed by atoms with Crippen molar-refractivity contribution in [3.05, 3.63) is 64.9 Å². The Labute approximate surface area is 185 Å². The summed E-state index contributed by atoms with van der Waals surface area (Å²) in [7, 11) is 3.93. The molecule has 1 aliphatic rings. The van der Waals surface area contributed by atoms with E-state index < -0.39 is 0 Å². The van der Waals surface area contributed by atoms with Crippen molar-refractivity contribution in [3.63, 3.8) is 0 Å². The highest BCUT2D eigenvalue weighted by molar-refractivity contribution is 7.15. The summed E-state index contributed by atoms with van der Waals surface area (Å²) in [6, 6.07) is 6.59. The Morgan fingerprint density at radius 2 is 1.94 bits per heavy atom. The topological polar surface area (TPSA) is 57.5 Å². The number of anilines is 1. The van der Waals surface area contributed by atoms with Crippen molar-refractivity contribution in [1.82, 2.24) is 24.3 Å². The molecule has 9 heteroatoms. The molecule has 0 spiro atoms. The van der Waals surface area contributed by atoms with Crippen molar-refractivity contribution in [3.8, 4) is 0 Å². The largest absolute Gasteiger partial charge is 0.354 e. The summed E-state index contributed by atoms with van der Waals surface area (Å²) in [5.74, 6) is -0.113. The maximum atomic E-state index is 13.3. The van der Waals surface area contributed by atoms with Crippen LogP contribution in [0, 0.1) is 5.82 Å². The zero-order valence-electron chi connectivity index (χ0n) is 18.0. The van der Waals surface area contributed by atoms with Gasteiger partial charge in [0.2, 0.25) is 5.91 Å². The first-order chi connectivity index (χ1) is 14.9. The van der Waals surface area contributed by atoms with Gasteiger partial charge in [-0.2, -0.15) is 0 Å². The van der Waals surface area contributed by atoms with Gasteiger partial charge in [-0.25, -0.2) is 14.4 Å².